The van der Waals surface area contributed by atoms with Crippen LogP contribution < -0.4 is 0 Å². The van der Waals surface area contributed by atoms with E-state index in [-0.39, 0.29) is 11.3 Å². The lowest BCUT2D eigenvalue weighted by Gasteiger charge is -2.09. The van der Waals surface area contributed by atoms with E-state index in [2.05, 4.69) is 20.9 Å². The normalized spacial score (nSPS) is 10.8. The van der Waals surface area contributed by atoms with Gasteiger partial charge in [0.2, 0.25) is 0 Å². The first-order valence-corrected chi connectivity index (χ1v) is 5.74. The molecule has 2 N–H and O–H groups in total. The van der Waals surface area contributed by atoms with Gasteiger partial charge in [-0.05, 0) is 47.5 Å². The molecule has 0 atom stereocenters. The maximum absolute atomic E-state index is 11.2. The third kappa shape index (κ3) is 1.86. The Bertz CT molecular complexity index is 637. The molecule has 4 nitrogen and oxygen atoms in total. The average Bonchev–Trinajstić information content (AvgIpc) is 2.20. The molecule has 0 fully saturated rings. The molecule has 0 aliphatic rings. The van der Waals surface area contributed by atoms with Crippen molar-refractivity contribution in [1.29, 1.82) is 0 Å². The SMILES string of the molecule is Cc1cc(Br)c2nc(C)c(O)c(C(=O)O)c2c1. The van der Waals surface area contributed by atoms with Crippen LogP contribution in [0.25, 0.3) is 10.9 Å². The summed E-state index contributed by atoms with van der Waals surface area (Å²) in [7, 11) is 0. The van der Waals surface area contributed by atoms with Crippen molar-refractivity contribution in [3.63, 3.8) is 0 Å². The molecule has 5 heteroatoms. The number of aryl methyl sites for hydroxylation is 2. The van der Waals surface area contributed by atoms with Crippen molar-refractivity contribution in [1.82, 2.24) is 4.98 Å². The highest BCUT2D eigenvalue weighted by molar-refractivity contribution is 9.10. The molecule has 0 bridgehead atoms. The predicted molar refractivity (Wildman–Crippen MR) is 67.5 cm³/mol. The van der Waals surface area contributed by atoms with E-state index in [1.807, 2.05) is 13.0 Å². The smallest absolute Gasteiger partial charge is 0.340 e. The van der Waals surface area contributed by atoms with Gasteiger partial charge in [-0.3, -0.25) is 0 Å². The molecule has 0 saturated carbocycles. The highest BCUT2D eigenvalue weighted by Gasteiger charge is 2.19. The van der Waals surface area contributed by atoms with Crippen LogP contribution in [0.2, 0.25) is 0 Å². The number of carbonyl (C=O) groups is 1. The first kappa shape index (κ1) is 11.9. The van der Waals surface area contributed by atoms with Crippen LogP contribution in [-0.4, -0.2) is 21.2 Å². The molecular formula is C12H10BrNO3. The fourth-order valence-electron chi connectivity index (χ4n) is 1.78. The number of halogens is 1. The zero-order valence-corrected chi connectivity index (χ0v) is 10.9. The lowest BCUT2D eigenvalue weighted by molar-refractivity contribution is 0.0695. The molecule has 1 aromatic heterocycles. The molecule has 0 radical (unpaired) electrons. The number of aromatic carboxylic acids is 1. The van der Waals surface area contributed by atoms with Gasteiger partial charge in [0.15, 0.2) is 5.75 Å². The van der Waals surface area contributed by atoms with Gasteiger partial charge >= 0.3 is 5.97 Å². The summed E-state index contributed by atoms with van der Waals surface area (Å²) in [5.74, 6) is -1.43. The second-order valence-corrected chi connectivity index (χ2v) is 4.72. The van der Waals surface area contributed by atoms with Crippen molar-refractivity contribution >= 4 is 32.8 Å². The first-order valence-electron chi connectivity index (χ1n) is 4.94. The number of benzene rings is 1. The number of carboxylic acids is 1. The van der Waals surface area contributed by atoms with Gasteiger partial charge in [-0.1, -0.05) is 0 Å². The molecule has 2 aromatic rings. The van der Waals surface area contributed by atoms with Crippen LogP contribution in [-0.2, 0) is 0 Å². The number of aromatic nitrogens is 1. The Hall–Kier alpha value is -1.62. The topological polar surface area (TPSA) is 70.4 Å². The summed E-state index contributed by atoms with van der Waals surface area (Å²) in [6.45, 7) is 3.43. The number of aromatic hydroxyl groups is 1. The van der Waals surface area contributed by atoms with Crippen molar-refractivity contribution in [3.8, 4) is 5.75 Å². The Kier molecular flexibility index (Phi) is 2.79. The highest BCUT2D eigenvalue weighted by atomic mass is 79.9. The molecule has 1 heterocycles. The molecule has 0 spiro atoms. The highest BCUT2D eigenvalue weighted by Crippen LogP contribution is 2.33. The Balaban J connectivity index is 3.03. The predicted octanol–water partition coefficient (Wildman–Crippen LogP) is 3.02. The van der Waals surface area contributed by atoms with Crippen LogP contribution in [0.4, 0.5) is 0 Å². The fourth-order valence-corrected chi connectivity index (χ4v) is 2.45. The maximum atomic E-state index is 11.2. The molecule has 0 saturated heterocycles. The van der Waals surface area contributed by atoms with Gasteiger partial charge in [0.05, 0.1) is 11.2 Å². The minimum absolute atomic E-state index is 0.100. The van der Waals surface area contributed by atoms with Gasteiger partial charge in [0, 0.05) is 9.86 Å². The van der Waals surface area contributed by atoms with Crippen molar-refractivity contribution < 1.29 is 15.0 Å². The lowest BCUT2D eigenvalue weighted by Crippen LogP contribution is -2.02. The summed E-state index contributed by atoms with van der Waals surface area (Å²) >= 11 is 3.35. The van der Waals surface area contributed by atoms with Gasteiger partial charge in [-0.2, -0.15) is 0 Å². The number of pyridine rings is 1. The van der Waals surface area contributed by atoms with Gasteiger partial charge in [-0.25, -0.2) is 9.78 Å². The van der Waals surface area contributed by atoms with E-state index in [0.717, 1.165) is 10.0 Å². The number of hydrogen-bond acceptors (Lipinski definition) is 3. The molecule has 0 unspecified atom stereocenters. The lowest BCUT2D eigenvalue weighted by atomic mass is 10.0. The van der Waals surface area contributed by atoms with E-state index < -0.39 is 5.97 Å². The minimum Gasteiger partial charge on any atom is -0.505 e. The van der Waals surface area contributed by atoms with Crippen molar-refractivity contribution in [2.45, 2.75) is 13.8 Å². The van der Waals surface area contributed by atoms with Crippen molar-refractivity contribution in [2.75, 3.05) is 0 Å². The summed E-state index contributed by atoms with van der Waals surface area (Å²) < 4.78 is 0.720. The van der Waals surface area contributed by atoms with E-state index in [1.54, 1.807) is 13.0 Å². The summed E-state index contributed by atoms with van der Waals surface area (Å²) in [4.78, 5) is 15.4. The molecular weight excluding hydrogens is 286 g/mol. The van der Waals surface area contributed by atoms with Crippen molar-refractivity contribution in [2.24, 2.45) is 0 Å². The summed E-state index contributed by atoms with van der Waals surface area (Å²) in [6, 6.07) is 3.56. The number of fused-ring (bicyclic) bond motifs is 1. The molecule has 0 aliphatic carbocycles. The van der Waals surface area contributed by atoms with Crippen LogP contribution in [0.15, 0.2) is 16.6 Å². The molecule has 88 valence electrons. The van der Waals surface area contributed by atoms with Gasteiger partial charge in [0.25, 0.3) is 0 Å². The second-order valence-electron chi connectivity index (χ2n) is 3.87. The van der Waals surface area contributed by atoms with Crippen molar-refractivity contribution in [3.05, 3.63) is 33.4 Å². The number of nitrogens with zero attached hydrogens (tertiary/aromatic N) is 1. The minimum atomic E-state index is -1.16. The standard InChI is InChI=1S/C12H10BrNO3/c1-5-3-7-9(12(16)17)11(15)6(2)14-10(7)8(13)4-5/h3-4,15H,1-2H3,(H,16,17). The monoisotopic (exact) mass is 295 g/mol. The van der Waals surface area contributed by atoms with Crippen LogP contribution in [0.5, 0.6) is 5.75 Å². The maximum Gasteiger partial charge on any atom is 0.340 e. The Morgan fingerprint density at radius 3 is 2.59 bits per heavy atom. The molecule has 0 amide bonds. The Morgan fingerprint density at radius 2 is 2.00 bits per heavy atom. The second kappa shape index (κ2) is 4.00. The third-order valence-electron chi connectivity index (χ3n) is 2.55. The van der Waals surface area contributed by atoms with Crippen LogP contribution in [0.3, 0.4) is 0 Å². The van der Waals surface area contributed by atoms with E-state index in [4.69, 9.17) is 5.11 Å². The Labute approximate surface area is 106 Å². The first-order chi connectivity index (χ1) is 7.91. The zero-order valence-electron chi connectivity index (χ0n) is 9.28. The molecule has 0 aliphatic heterocycles. The van der Waals surface area contributed by atoms with E-state index in [0.29, 0.717) is 16.6 Å². The number of rotatable bonds is 1. The molecule has 2 rings (SSSR count). The zero-order chi connectivity index (χ0) is 12.7. The average molecular weight is 296 g/mol. The van der Waals surface area contributed by atoms with Gasteiger partial charge in [0.1, 0.15) is 5.56 Å². The molecule has 1 aromatic carbocycles. The van der Waals surface area contributed by atoms with Crippen LogP contribution >= 0.6 is 15.9 Å². The third-order valence-corrected chi connectivity index (χ3v) is 3.15. The van der Waals surface area contributed by atoms with E-state index >= 15 is 0 Å². The largest absolute Gasteiger partial charge is 0.505 e. The van der Waals surface area contributed by atoms with E-state index in [1.165, 1.54) is 0 Å². The van der Waals surface area contributed by atoms with Gasteiger partial charge < -0.3 is 10.2 Å². The van der Waals surface area contributed by atoms with Crippen LogP contribution in [0.1, 0.15) is 21.6 Å². The summed E-state index contributed by atoms with van der Waals surface area (Å²) in [5.41, 5.74) is 1.65. The number of hydrogen-bond donors (Lipinski definition) is 2. The number of carboxylic acid groups (broad SMARTS) is 1. The quantitative estimate of drug-likeness (QED) is 0.848. The van der Waals surface area contributed by atoms with E-state index in [9.17, 15) is 9.90 Å². The summed E-state index contributed by atoms with van der Waals surface area (Å²) in [6.07, 6.45) is 0. The van der Waals surface area contributed by atoms with Gasteiger partial charge in [-0.15, -0.1) is 0 Å². The summed E-state index contributed by atoms with van der Waals surface area (Å²) in [5, 5.41) is 19.4. The molecule has 17 heavy (non-hydrogen) atoms. The van der Waals surface area contributed by atoms with Crippen LogP contribution in [0, 0.1) is 13.8 Å². The Morgan fingerprint density at radius 1 is 1.35 bits per heavy atom. The fraction of sp³-hybridized carbons (Fsp3) is 0.167.